The zero-order chi connectivity index (χ0) is 10.2. The molecule has 0 bridgehead atoms. The fraction of sp³-hybridized carbons (Fsp3) is 0.900. The summed E-state index contributed by atoms with van der Waals surface area (Å²) in [4.78, 5) is 4.64. The third kappa shape index (κ3) is 22.7. The Balaban J connectivity index is -0.000000117. The van der Waals surface area contributed by atoms with E-state index in [4.69, 9.17) is 0 Å². The van der Waals surface area contributed by atoms with Gasteiger partial charge in [0, 0.05) is 6.21 Å². The first-order chi connectivity index (χ1) is 6.00. The van der Waals surface area contributed by atoms with Crippen LogP contribution in [-0.4, -0.2) is 12.8 Å². The highest BCUT2D eigenvalue weighted by Gasteiger charge is 1.88. The van der Waals surface area contributed by atoms with Crippen LogP contribution in [0.2, 0.25) is 0 Å². The van der Waals surface area contributed by atoms with E-state index < -0.39 is 0 Å². The Morgan fingerprint density at radius 1 is 1.00 bits per heavy atom. The molecule has 0 atom stereocenters. The van der Waals surface area contributed by atoms with Crippen LogP contribution in [0.15, 0.2) is 5.16 Å². The van der Waals surface area contributed by atoms with Gasteiger partial charge in [0.2, 0.25) is 0 Å². The number of rotatable bonds is 0. The Morgan fingerprint density at radius 2 is 1.50 bits per heavy atom. The largest absolute Gasteiger partial charge is 0.396 e. The van der Waals surface area contributed by atoms with Crippen molar-refractivity contribution >= 4 is 6.21 Å². The van der Waals surface area contributed by atoms with Gasteiger partial charge in [-0.05, 0) is 12.8 Å². The van der Waals surface area contributed by atoms with Gasteiger partial charge >= 0.3 is 0 Å². The Bertz CT molecular complexity index is 54.9. The summed E-state index contributed by atoms with van der Waals surface area (Å²) >= 11 is 0. The molecule has 0 saturated carbocycles. The van der Waals surface area contributed by atoms with Gasteiger partial charge in [0.1, 0.15) is 6.61 Å². The Labute approximate surface area is 78.0 Å². The quantitative estimate of drug-likeness (QED) is 0.548. The summed E-state index contributed by atoms with van der Waals surface area (Å²) in [5.74, 6) is 0. The first-order valence-corrected chi connectivity index (χ1v) is 5.14. The van der Waals surface area contributed by atoms with Gasteiger partial charge in [0.05, 0.1) is 0 Å². The molecule has 12 heavy (non-hydrogen) atoms. The smallest absolute Gasteiger partial charge is 0.117 e. The van der Waals surface area contributed by atoms with Crippen molar-refractivity contribution < 1.29 is 4.84 Å². The minimum atomic E-state index is 0.802. The highest BCUT2D eigenvalue weighted by Crippen LogP contribution is 1.92. The molecule has 76 valence electrons. The summed E-state index contributed by atoms with van der Waals surface area (Å²) in [6.45, 7) is 12.8. The summed E-state index contributed by atoms with van der Waals surface area (Å²) in [5.41, 5.74) is 0. The maximum atomic E-state index is 4.64. The van der Waals surface area contributed by atoms with E-state index >= 15 is 0 Å². The molecule has 1 aliphatic heterocycles. The van der Waals surface area contributed by atoms with Crippen molar-refractivity contribution in [2.24, 2.45) is 5.16 Å². The second kappa shape index (κ2) is 31.4. The van der Waals surface area contributed by atoms with Crippen LogP contribution < -0.4 is 0 Å². The van der Waals surface area contributed by atoms with Crippen LogP contribution in [0.1, 0.15) is 54.4 Å². The highest BCUT2D eigenvalue weighted by molar-refractivity contribution is 5.56. The third-order valence-electron chi connectivity index (χ3n) is 0.718. The van der Waals surface area contributed by atoms with Gasteiger partial charge in [-0.15, -0.1) is 0 Å². The lowest BCUT2D eigenvalue weighted by Gasteiger charge is -1.99. The van der Waals surface area contributed by atoms with Crippen LogP contribution in [0.3, 0.4) is 0 Å². The molecular weight excluding hydrogens is 150 g/mol. The molecule has 0 amide bonds. The van der Waals surface area contributed by atoms with Crippen LogP contribution in [0, 0.1) is 0 Å². The molecular formula is C10H25NO. The molecule has 1 rings (SSSR count). The Kier molecular flexibility index (Phi) is 45.8. The average molecular weight is 175 g/mol. The lowest BCUT2D eigenvalue weighted by Crippen LogP contribution is -1.94. The molecule has 0 N–H and O–H groups in total. The SMILES string of the molecule is C1=NOCCC1.CC.CC.CC. The van der Waals surface area contributed by atoms with E-state index in [-0.39, 0.29) is 0 Å². The van der Waals surface area contributed by atoms with Crippen LogP contribution in [0.5, 0.6) is 0 Å². The minimum absolute atomic E-state index is 0.802. The van der Waals surface area contributed by atoms with E-state index in [2.05, 4.69) is 9.99 Å². The summed E-state index contributed by atoms with van der Waals surface area (Å²) in [7, 11) is 0. The van der Waals surface area contributed by atoms with Gasteiger partial charge in [-0.3, -0.25) is 0 Å². The molecule has 0 aromatic heterocycles. The van der Waals surface area contributed by atoms with Gasteiger partial charge in [-0.25, -0.2) is 0 Å². The van der Waals surface area contributed by atoms with E-state index in [0.29, 0.717) is 0 Å². The molecule has 0 saturated heterocycles. The van der Waals surface area contributed by atoms with Crippen molar-refractivity contribution in [1.29, 1.82) is 0 Å². The van der Waals surface area contributed by atoms with Gasteiger partial charge in [0.25, 0.3) is 0 Å². The van der Waals surface area contributed by atoms with E-state index in [1.165, 1.54) is 0 Å². The maximum Gasteiger partial charge on any atom is 0.117 e. The van der Waals surface area contributed by atoms with Gasteiger partial charge < -0.3 is 4.84 Å². The standard InChI is InChI=1S/C4H7NO.3C2H6/c1-2-4-6-5-3-1;3*1-2/h3H,1-2,4H2;3*1-2H3. The minimum Gasteiger partial charge on any atom is -0.396 e. The number of hydrogen-bond acceptors (Lipinski definition) is 2. The van der Waals surface area contributed by atoms with E-state index in [1.54, 1.807) is 6.21 Å². The van der Waals surface area contributed by atoms with Crippen LogP contribution >= 0.6 is 0 Å². The fourth-order valence-corrected chi connectivity index (χ4v) is 0.397. The van der Waals surface area contributed by atoms with Crippen LogP contribution in [0.25, 0.3) is 0 Å². The number of nitrogens with zero attached hydrogens (tertiary/aromatic N) is 1. The molecule has 2 heteroatoms. The monoisotopic (exact) mass is 175 g/mol. The van der Waals surface area contributed by atoms with E-state index in [0.717, 1.165) is 19.4 Å². The second-order valence-corrected chi connectivity index (χ2v) is 1.26. The van der Waals surface area contributed by atoms with Crippen molar-refractivity contribution in [3.05, 3.63) is 0 Å². The average Bonchev–Trinajstić information content (AvgIpc) is 2.29. The van der Waals surface area contributed by atoms with Crippen molar-refractivity contribution in [2.75, 3.05) is 6.61 Å². The van der Waals surface area contributed by atoms with Crippen molar-refractivity contribution in [3.8, 4) is 0 Å². The third-order valence-corrected chi connectivity index (χ3v) is 0.718. The van der Waals surface area contributed by atoms with Crippen molar-refractivity contribution in [2.45, 2.75) is 54.4 Å². The zero-order valence-electron chi connectivity index (χ0n) is 9.55. The summed E-state index contributed by atoms with van der Waals surface area (Å²) < 4.78 is 0. The molecule has 0 radical (unpaired) electrons. The van der Waals surface area contributed by atoms with Crippen LogP contribution in [0.4, 0.5) is 0 Å². The molecule has 1 heterocycles. The lowest BCUT2D eigenvalue weighted by atomic mass is 10.3. The van der Waals surface area contributed by atoms with Gasteiger partial charge in [-0.2, -0.15) is 0 Å². The fourth-order valence-electron chi connectivity index (χ4n) is 0.397. The number of hydrogen-bond donors (Lipinski definition) is 0. The van der Waals surface area contributed by atoms with E-state index in [9.17, 15) is 0 Å². The summed E-state index contributed by atoms with van der Waals surface area (Å²) in [5, 5.41) is 3.55. The summed E-state index contributed by atoms with van der Waals surface area (Å²) in [6.07, 6.45) is 4.01. The topological polar surface area (TPSA) is 21.6 Å². The lowest BCUT2D eigenvalue weighted by molar-refractivity contribution is 0.134. The molecule has 2 nitrogen and oxygen atoms in total. The maximum absolute atomic E-state index is 4.64. The Morgan fingerprint density at radius 3 is 1.58 bits per heavy atom. The Hall–Kier alpha value is -0.530. The molecule has 0 aromatic rings. The molecule has 0 aromatic carbocycles. The van der Waals surface area contributed by atoms with Crippen LogP contribution in [-0.2, 0) is 4.84 Å². The second-order valence-electron chi connectivity index (χ2n) is 1.26. The molecule has 1 aliphatic rings. The van der Waals surface area contributed by atoms with Crippen molar-refractivity contribution in [3.63, 3.8) is 0 Å². The number of oxime groups is 1. The first kappa shape index (κ1) is 17.5. The van der Waals surface area contributed by atoms with Gasteiger partial charge in [0.15, 0.2) is 0 Å². The first-order valence-electron chi connectivity index (χ1n) is 5.14. The normalized spacial score (nSPS) is 11.5. The highest BCUT2D eigenvalue weighted by atomic mass is 16.6. The molecule has 0 aliphatic carbocycles. The molecule has 0 unspecified atom stereocenters. The van der Waals surface area contributed by atoms with E-state index in [1.807, 2.05) is 41.5 Å². The molecule has 0 spiro atoms. The predicted molar refractivity (Wildman–Crippen MR) is 57.7 cm³/mol. The predicted octanol–water partition coefficient (Wildman–Crippen LogP) is 3.86. The zero-order valence-corrected chi connectivity index (χ0v) is 9.55. The summed E-state index contributed by atoms with van der Waals surface area (Å²) in [6, 6.07) is 0. The molecule has 0 fully saturated rings. The van der Waals surface area contributed by atoms with Crippen molar-refractivity contribution in [1.82, 2.24) is 0 Å². The van der Waals surface area contributed by atoms with Gasteiger partial charge in [-0.1, -0.05) is 46.7 Å².